The number of hydrogen-bond donors (Lipinski definition) is 0. The fraction of sp³-hybridized carbons (Fsp3) is 0.0645. The van der Waals surface area contributed by atoms with Crippen LogP contribution in [0.25, 0.3) is 18.2 Å². The lowest BCUT2D eigenvalue weighted by molar-refractivity contribution is 0.349. The first-order valence-corrected chi connectivity index (χ1v) is 11.5. The summed E-state index contributed by atoms with van der Waals surface area (Å²) in [5.74, 6) is 0. The lowest BCUT2D eigenvalue weighted by Crippen LogP contribution is -2.11. The summed E-state index contributed by atoms with van der Waals surface area (Å²) in [5.41, 5.74) is 8.29. The molecule has 0 saturated heterocycles. The molecule has 0 spiro atoms. The van der Waals surface area contributed by atoms with Gasteiger partial charge in [-0.25, -0.2) is 0 Å². The predicted molar refractivity (Wildman–Crippen MR) is 145 cm³/mol. The fourth-order valence-corrected chi connectivity index (χ4v) is 4.18. The van der Waals surface area contributed by atoms with Gasteiger partial charge in [0.25, 0.3) is 0 Å². The Hall–Kier alpha value is -4.37. The standard InChI is InChI=1S/C31H27N3/c1-33(24-26-10-3-2-4-11-26)32-23-9-12-25-17-21-29(22-18-25)34-30-15-7-5-13-27(30)19-20-28-14-6-8-16-31(28)34/h2-23H,24H2,1H3/b12-9+,32-23+. The van der Waals surface area contributed by atoms with E-state index in [1.807, 2.05) is 30.4 Å². The minimum atomic E-state index is 0.785. The third kappa shape index (κ3) is 4.84. The first-order chi connectivity index (χ1) is 16.8. The third-order valence-electron chi connectivity index (χ3n) is 5.84. The highest BCUT2D eigenvalue weighted by atomic mass is 15.4. The average molecular weight is 442 g/mol. The molecular formula is C31H27N3. The Balaban J connectivity index is 1.33. The molecule has 4 aromatic rings. The second-order valence-corrected chi connectivity index (χ2v) is 8.30. The molecule has 1 aliphatic rings. The maximum Gasteiger partial charge on any atom is 0.0607 e. The monoisotopic (exact) mass is 441 g/mol. The average Bonchev–Trinajstić information content (AvgIpc) is 3.05. The van der Waals surface area contributed by atoms with Crippen LogP contribution in [0.15, 0.2) is 114 Å². The van der Waals surface area contributed by atoms with Crippen molar-refractivity contribution in [2.75, 3.05) is 11.9 Å². The number of benzene rings is 4. The summed E-state index contributed by atoms with van der Waals surface area (Å²) >= 11 is 0. The molecule has 0 bridgehead atoms. The lowest BCUT2D eigenvalue weighted by atomic mass is 10.1. The zero-order chi connectivity index (χ0) is 23.2. The molecule has 4 aromatic carbocycles. The van der Waals surface area contributed by atoms with Crippen LogP contribution in [0.5, 0.6) is 0 Å². The van der Waals surface area contributed by atoms with Crippen molar-refractivity contribution in [2.45, 2.75) is 6.54 Å². The molecule has 1 heterocycles. The van der Waals surface area contributed by atoms with Crippen LogP contribution < -0.4 is 4.90 Å². The van der Waals surface area contributed by atoms with E-state index in [1.165, 1.54) is 28.1 Å². The van der Waals surface area contributed by atoms with Crippen LogP contribution in [0, 0.1) is 0 Å². The summed E-state index contributed by atoms with van der Waals surface area (Å²) in [7, 11) is 1.98. The first kappa shape index (κ1) is 21.5. The van der Waals surface area contributed by atoms with Crippen molar-refractivity contribution >= 4 is 41.5 Å². The van der Waals surface area contributed by atoms with Crippen molar-refractivity contribution in [3.8, 4) is 0 Å². The van der Waals surface area contributed by atoms with Crippen LogP contribution >= 0.6 is 0 Å². The maximum atomic E-state index is 4.49. The van der Waals surface area contributed by atoms with Gasteiger partial charge in [-0.2, -0.15) is 5.10 Å². The van der Waals surface area contributed by atoms with Gasteiger partial charge in [0.2, 0.25) is 0 Å². The second kappa shape index (κ2) is 10.1. The molecule has 0 atom stereocenters. The molecule has 0 radical (unpaired) electrons. The van der Waals surface area contributed by atoms with Crippen LogP contribution in [-0.4, -0.2) is 18.3 Å². The zero-order valence-electron chi connectivity index (χ0n) is 19.3. The highest BCUT2D eigenvalue weighted by molar-refractivity contribution is 5.93. The van der Waals surface area contributed by atoms with Gasteiger partial charge in [-0.1, -0.05) is 97.1 Å². The molecule has 3 nitrogen and oxygen atoms in total. The summed E-state index contributed by atoms with van der Waals surface area (Å²) in [6.07, 6.45) is 10.3. The van der Waals surface area contributed by atoms with E-state index in [1.54, 1.807) is 0 Å². The molecule has 1 aliphatic heterocycles. The Morgan fingerprint density at radius 2 is 1.29 bits per heavy atom. The number of fused-ring (bicyclic) bond motifs is 2. The van der Waals surface area contributed by atoms with E-state index in [4.69, 9.17) is 0 Å². The molecule has 0 saturated carbocycles. The lowest BCUT2D eigenvalue weighted by Gasteiger charge is -2.27. The number of hydrazone groups is 1. The number of nitrogens with zero attached hydrogens (tertiary/aromatic N) is 3. The molecule has 0 amide bonds. The van der Waals surface area contributed by atoms with E-state index >= 15 is 0 Å². The van der Waals surface area contributed by atoms with Gasteiger partial charge in [-0.05, 0) is 52.6 Å². The Morgan fingerprint density at radius 1 is 0.706 bits per heavy atom. The highest BCUT2D eigenvalue weighted by Gasteiger charge is 2.18. The van der Waals surface area contributed by atoms with E-state index in [0.717, 1.165) is 17.8 Å². The first-order valence-electron chi connectivity index (χ1n) is 11.5. The number of para-hydroxylation sites is 2. The number of rotatable bonds is 6. The van der Waals surface area contributed by atoms with E-state index in [9.17, 15) is 0 Å². The minimum absolute atomic E-state index is 0.785. The molecule has 0 aromatic heterocycles. The molecule has 5 rings (SSSR count). The molecular weight excluding hydrogens is 414 g/mol. The summed E-state index contributed by atoms with van der Waals surface area (Å²) < 4.78 is 0. The van der Waals surface area contributed by atoms with E-state index in [2.05, 4.69) is 125 Å². The highest BCUT2D eigenvalue weighted by Crippen LogP contribution is 2.41. The molecule has 34 heavy (non-hydrogen) atoms. The van der Waals surface area contributed by atoms with Crippen molar-refractivity contribution in [3.05, 3.63) is 131 Å². The maximum absolute atomic E-state index is 4.49. The summed E-state index contributed by atoms with van der Waals surface area (Å²) in [4.78, 5) is 2.33. The van der Waals surface area contributed by atoms with Crippen LogP contribution in [0.1, 0.15) is 22.3 Å². The van der Waals surface area contributed by atoms with Gasteiger partial charge < -0.3 is 4.90 Å². The molecule has 0 aliphatic carbocycles. The quantitative estimate of drug-likeness (QED) is 0.198. The molecule has 166 valence electrons. The summed E-state index contributed by atoms with van der Waals surface area (Å²) in [5, 5.41) is 6.43. The van der Waals surface area contributed by atoms with E-state index < -0.39 is 0 Å². The number of hydrogen-bond acceptors (Lipinski definition) is 3. The fourth-order valence-electron chi connectivity index (χ4n) is 4.18. The molecule has 3 heteroatoms. The summed E-state index contributed by atoms with van der Waals surface area (Å²) in [6, 6.07) is 36.1. The van der Waals surface area contributed by atoms with Crippen molar-refractivity contribution in [3.63, 3.8) is 0 Å². The van der Waals surface area contributed by atoms with Gasteiger partial charge in [0.1, 0.15) is 0 Å². The van der Waals surface area contributed by atoms with E-state index in [0.29, 0.717) is 0 Å². The smallest absolute Gasteiger partial charge is 0.0607 e. The van der Waals surface area contributed by atoms with Crippen molar-refractivity contribution < 1.29 is 0 Å². The van der Waals surface area contributed by atoms with Gasteiger partial charge in [0.15, 0.2) is 0 Å². The van der Waals surface area contributed by atoms with Crippen molar-refractivity contribution in [1.29, 1.82) is 0 Å². The van der Waals surface area contributed by atoms with Crippen LogP contribution in [-0.2, 0) is 6.54 Å². The van der Waals surface area contributed by atoms with Crippen molar-refractivity contribution in [1.82, 2.24) is 5.01 Å². The second-order valence-electron chi connectivity index (χ2n) is 8.30. The Labute approximate surface area is 201 Å². The van der Waals surface area contributed by atoms with Gasteiger partial charge in [0, 0.05) is 18.9 Å². The number of anilines is 3. The Kier molecular flexibility index (Phi) is 6.35. The van der Waals surface area contributed by atoms with Gasteiger partial charge in [-0.15, -0.1) is 0 Å². The van der Waals surface area contributed by atoms with Gasteiger partial charge in [0.05, 0.1) is 17.9 Å². The molecule has 0 unspecified atom stereocenters. The van der Waals surface area contributed by atoms with Crippen LogP contribution in [0.4, 0.5) is 17.1 Å². The van der Waals surface area contributed by atoms with Crippen molar-refractivity contribution in [2.24, 2.45) is 5.10 Å². The molecule has 0 N–H and O–H groups in total. The zero-order valence-corrected chi connectivity index (χ0v) is 19.3. The third-order valence-corrected chi connectivity index (χ3v) is 5.84. The Morgan fingerprint density at radius 3 is 1.94 bits per heavy atom. The van der Waals surface area contributed by atoms with E-state index in [-0.39, 0.29) is 0 Å². The summed E-state index contributed by atoms with van der Waals surface area (Å²) in [6.45, 7) is 0.785. The normalized spacial score (nSPS) is 12.6. The predicted octanol–water partition coefficient (Wildman–Crippen LogP) is 7.77. The SMILES string of the molecule is CN(Cc1ccccc1)/N=C/C=C/c1ccc(N2c3ccccc3C=Cc3ccccc32)cc1. The van der Waals surface area contributed by atoms with Gasteiger partial charge >= 0.3 is 0 Å². The topological polar surface area (TPSA) is 18.8 Å². The number of allylic oxidation sites excluding steroid dienone is 1. The van der Waals surface area contributed by atoms with Crippen LogP contribution in [0.3, 0.4) is 0 Å². The minimum Gasteiger partial charge on any atom is -0.309 e. The van der Waals surface area contributed by atoms with Gasteiger partial charge in [-0.3, -0.25) is 5.01 Å². The Bertz CT molecular complexity index is 1290. The molecule has 0 fully saturated rings. The largest absolute Gasteiger partial charge is 0.309 e. The van der Waals surface area contributed by atoms with Crippen LogP contribution in [0.2, 0.25) is 0 Å².